The van der Waals surface area contributed by atoms with Gasteiger partial charge in [0.05, 0.1) is 5.69 Å². The van der Waals surface area contributed by atoms with Gasteiger partial charge < -0.3 is 14.5 Å². The molecule has 0 fully saturated rings. The van der Waals surface area contributed by atoms with Crippen molar-refractivity contribution in [2.75, 3.05) is 0 Å². The first-order valence-corrected chi connectivity index (χ1v) is 11.2. The molecular weight excluding hydrogens is 473 g/mol. The zero-order valence-electron chi connectivity index (χ0n) is 19.4. The number of nitrogens with zero attached hydrogens (tertiary/aromatic N) is 3. The van der Waals surface area contributed by atoms with Gasteiger partial charge in [0.2, 0.25) is 5.89 Å². The van der Waals surface area contributed by atoms with Crippen LogP contribution in [0.2, 0.25) is 0 Å². The summed E-state index contributed by atoms with van der Waals surface area (Å²) in [5, 5.41) is 2.95. The van der Waals surface area contributed by atoms with E-state index in [1.165, 1.54) is 24.3 Å². The van der Waals surface area contributed by atoms with Gasteiger partial charge in [-0.25, -0.2) is 9.97 Å². The van der Waals surface area contributed by atoms with Crippen LogP contribution >= 0.6 is 0 Å². The zero-order valence-corrected chi connectivity index (χ0v) is 19.4. The molecule has 0 spiro atoms. The number of halogens is 3. The molecule has 5 rings (SSSR count). The van der Waals surface area contributed by atoms with Gasteiger partial charge in [-0.05, 0) is 73.0 Å². The van der Waals surface area contributed by atoms with Crippen molar-refractivity contribution in [2.24, 2.45) is 0 Å². The highest BCUT2D eigenvalue weighted by molar-refractivity contribution is 5.94. The van der Waals surface area contributed by atoms with Crippen LogP contribution in [0.15, 0.2) is 65.2 Å². The number of alkyl halides is 3. The Bertz CT molecular complexity index is 1570. The topological polar surface area (TPSA) is 81.7 Å². The van der Waals surface area contributed by atoms with Crippen LogP contribution in [0.25, 0.3) is 28.2 Å². The predicted octanol–water partition coefficient (Wildman–Crippen LogP) is 5.84. The predicted molar refractivity (Wildman–Crippen MR) is 127 cm³/mol. The number of carbonyl (C=O) groups excluding carboxylic acids is 1. The minimum Gasteiger partial charge on any atom is -0.436 e. The average molecular weight is 494 g/mol. The van der Waals surface area contributed by atoms with Crippen molar-refractivity contribution in [3.63, 3.8) is 0 Å². The first kappa shape index (κ1) is 23.4. The van der Waals surface area contributed by atoms with Gasteiger partial charge in [-0.3, -0.25) is 9.20 Å². The molecule has 36 heavy (non-hydrogen) atoms. The fraction of sp³-hybridized carbons (Fsp3) is 0.192. The summed E-state index contributed by atoms with van der Waals surface area (Å²) in [6.07, 6.45) is -2.29. The van der Waals surface area contributed by atoms with Gasteiger partial charge in [-0.15, -0.1) is 13.2 Å². The van der Waals surface area contributed by atoms with E-state index >= 15 is 0 Å². The summed E-state index contributed by atoms with van der Waals surface area (Å²) >= 11 is 0. The Kier molecular flexibility index (Phi) is 5.87. The number of amides is 1. The van der Waals surface area contributed by atoms with Crippen LogP contribution in [0.3, 0.4) is 0 Å². The van der Waals surface area contributed by atoms with E-state index in [1.54, 1.807) is 16.5 Å². The number of aryl methyl sites for hydroxylation is 2. The molecular formula is C26H21F3N4O3. The lowest BCUT2D eigenvalue weighted by Gasteiger charge is -2.08. The number of ether oxygens (including phenoxy) is 1. The van der Waals surface area contributed by atoms with Crippen LogP contribution in [0.1, 0.15) is 34.2 Å². The van der Waals surface area contributed by atoms with Crippen LogP contribution in [-0.2, 0) is 13.0 Å². The highest BCUT2D eigenvalue weighted by atomic mass is 19.4. The molecule has 0 aliphatic rings. The summed E-state index contributed by atoms with van der Waals surface area (Å²) in [4.78, 5) is 22.1. The van der Waals surface area contributed by atoms with Gasteiger partial charge in [0, 0.05) is 18.3 Å². The van der Waals surface area contributed by atoms with Crippen molar-refractivity contribution < 1.29 is 27.1 Å². The number of aromatic nitrogens is 3. The number of fused-ring (bicyclic) bond motifs is 2. The lowest BCUT2D eigenvalue weighted by atomic mass is 10.2. The van der Waals surface area contributed by atoms with E-state index < -0.39 is 6.36 Å². The summed E-state index contributed by atoms with van der Waals surface area (Å²) in [5.74, 6) is -0.295. The van der Waals surface area contributed by atoms with Crippen molar-refractivity contribution in [1.29, 1.82) is 0 Å². The molecule has 0 aliphatic carbocycles. The maximum Gasteiger partial charge on any atom is 0.573 e. The number of pyridine rings is 1. The Morgan fingerprint density at radius 3 is 2.58 bits per heavy atom. The summed E-state index contributed by atoms with van der Waals surface area (Å²) in [6.45, 7) is 4.20. The van der Waals surface area contributed by atoms with Gasteiger partial charge in [-0.1, -0.05) is 13.0 Å². The second-order valence-corrected chi connectivity index (χ2v) is 8.27. The monoisotopic (exact) mass is 494 g/mol. The lowest BCUT2D eigenvalue weighted by Crippen LogP contribution is -2.25. The quantitative estimate of drug-likeness (QED) is 0.321. The SMILES string of the molecule is CCc1nc2cc(C)ccn2c1C(=O)NCc1ccc2oc(-c3ccc(OC(F)(F)F)cc3)nc2c1. The molecule has 0 saturated heterocycles. The smallest absolute Gasteiger partial charge is 0.436 e. The van der Waals surface area contributed by atoms with Crippen molar-refractivity contribution >= 4 is 22.7 Å². The summed E-state index contributed by atoms with van der Waals surface area (Å²) < 4.78 is 48.6. The fourth-order valence-corrected chi connectivity index (χ4v) is 3.95. The normalized spacial score (nSPS) is 11.8. The average Bonchev–Trinajstić information content (AvgIpc) is 3.42. The summed E-state index contributed by atoms with van der Waals surface area (Å²) in [5.41, 5.74) is 5.42. The van der Waals surface area contributed by atoms with Crippen LogP contribution < -0.4 is 10.1 Å². The summed E-state index contributed by atoms with van der Waals surface area (Å²) in [7, 11) is 0. The Balaban J connectivity index is 1.33. The van der Waals surface area contributed by atoms with E-state index in [0.29, 0.717) is 28.8 Å². The van der Waals surface area contributed by atoms with E-state index in [9.17, 15) is 18.0 Å². The third-order valence-corrected chi connectivity index (χ3v) is 5.64. The van der Waals surface area contributed by atoms with Crippen LogP contribution in [0.5, 0.6) is 5.75 Å². The highest BCUT2D eigenvalue weighted by Gasteiger charge is 2.31. The Hall–Kier alpha value is -4.34. The number of hydrogen-bond donors (Lipinski definition) is 1. The number of benzene rings is 2. The van der Waals surface area contributed by atoms with Gasteiger partial charge in [0.25, 0.3) is 5.91 Å². The number of hydrogen-bond acceptors (Lipinski definition) is 5. The number of rotatable bonds is 6. The van der Waals surface area contributed by atoms with Gasteiger partial charge >= 0.3 is 6.36 Å². The molecule has 1 N–H and O–H groups in total. The molecule has 5 aromatic rings. The van der Waals surface area contributed by atoms with Crippen LogP contribution in [0.4, 0.5) is 13.2 Å². The molecule has 0 atom stereocenters. The van der Waals surface area contributed by atoms with Crippen molar-refractivity contribution in [2.45, 2.75) is 33.2 Å². The molecule has 2 aromatic carbocycles. The molecule has 10 heteroatoms. The van der Waals surface area contributed by atoms with Crippen molar-refractivity contribution in [1.82, 2.24) is 19.7 Å². The van der Waals surface area contributed by atoms with Gasteiger partial charge in [-0.2, -0.15) is 0 Å². The maximum absolute atomic E-state index is 13.0. The van der Waals surface area contributed by atoms with E-state index in [1.807, 2.05) is 38.2 Å². The first-order chi connectivity index (χ1) is 17.2. The highest BCUT2D eigenvalue weighted by Crippen LogP contribution is 2.28. The number of nitrogens with one attached hydrogen (secondary N) is 1. The first-order valence-electron chi connectivity index (χ1n) is 11.2. The maximum atomic E-state index is 13.0. The summed E-state index contributed by atoms with van der Waals surface area (Å²) in [6, 6.07) is 14.5. The second kappa shape index (κ2) is 9.03. The molecule has 0 saturated carbocycles. The zero-order chi connectivity index (χ0) is 25.4. The standard InChI is InChI=1S/C26H21F3N4O3/c1-3-19-23(33-11-10-15(2)12-22(33)31-19)24(34)30-14-16-4-9-21-20(13-16)32-25(35-21)17-5-7-18(8-6-17)36-26(27,28)29/h4-13H,3,14H2,1-2H3,(H,30,34). The molecule has 184 valence electrons. The molecule has 0 bridgehead atoms. The minimum atomic E-state index is -4.76. The van der Waals surface area contributed by atoms with Gasteiger partial charge in [0.1, 0.15) is 22.6 Å². The molecule has 0 radical (unpaired) electrons. The van der Waals surface area contributed by atoms with Crippen molar-refractivity contribution in [3.05, 3.63) is 83.3 Å². The van der Waals surface area contributed by atoms with E-state index in [-0.39, 0.29) is 24.1 Å². The van der Waals surface area contributed by atoms with E-state index in [0.717, 1.165) is 22.5 Å². The fourth-order valence-electron chi connectivity index (χ4n) is 3.95. The van der Waals surface area contributed by atoms with Crippen LogP contribution in [0, 0.1) is 6.92 Å². The van der Waals surface area contributed by atoms with Crippen LogP contribution in [-0.4, -0.2) is 26.6 Å². The second-order valence-electron chi connectivity index (χ2n) is 8.27. The molecule has 0 aliphatic heterocycles. The Morgan fingerprint density at radius 1 is 1.08 bits per heavy atom. The molecule has 3 aromatic heterocycles. The molecule has 1 amide bonds. The molecule has 0 unspecified atom stereocenters. The number of oxazole rings is 1. The molecule has 3 heterocycles. The van der Waals surface area contributed by atoms with Crippen molar-refractivity contribution in [3.8, 4) is 17.2 Å². The lowest BCUT2D eigenvalue weighted by molar-refractivity contribution is -0.274. The third kappa shape index (κ3) is 4.74. The number of carbonyl (C=O) groups is 1. The largest absolute Gasteiger partial charge is 0.573 e. The molecule has 7 nitrogen and oxygen atoms in total. The van der Waals surface area contributed by atoms with E-state index in [2.05, 4.69) is 20.0 Å². The third-order valence-electron chi connectivity index (χ3n) is 5.64. The Labute approximate surface area is 203 Å². The minimum absolute atomic E-state index is 0.231. The Morgan fingerprint density at radius 2 is 1.86 bits per heavy atom. The number of imidazole rings is 1. The van der Waals surface area contributed by atoms with Gasteiger partial charge in [0.15, 0.2) is 5.58 Å². The van der Waals surface area contributed by atoms with E-state index in [4.69, 9.17) is 4.42 Å².